The van der Waals surface area contributed by atoms with Gasteiger partial charge in [0.15, 0.2) is 0 Å². The smallest absolute Gasteiger partial charge is 0.247 e. The van der Waals surface area contributed by atoms with E-state index in [2.05, 4.69) is 15.3 Å². The van der Waals surface area contributed by atoms with Gasteiger partial charge in [0, 0.05) is 36.4 Å². The van der Waals surface area contributed by atoms with Crippen LogP contribution in [-0.4, -0.2) is 39.8 Å². The molecule has 0 saturated carbocycles. The zero-order chi connectivity index (χ0) is 18.1. The second-order valence-corrected chi connectivity index (χ2v) is 6.19. The molecule has 7 heteroatoms. The van der Waals surface area contributed by atoms with Gasteiger partial charge in [-0.25, -0.2) is 9.37 Å². The van der Waals surface area contributed by atoms with Crippen LogP contribution in [0.5, 0.6) is 0 Å². The van der Waals surface area contributed by atoms with Crippen LogP contribution < -0.4 is 5.32 Å². The average molecular weight is 352 g/mol. The monoisotopic (exact) mass is 352 g/mol. The standard InChI is InChI=1S/C19H17FN4O2/c20-15-6-2-1-4-14(15)17-19(26)22-8-9-24(17)16(25)10-12-11-23-18-13(12)5-3-7-21-18/h1-7,11,17H,8-10H2,(H,21,23)(H,22,26). The number of carbonyl (C=O) groups is 2. The Morgan fingerprint density at radius 3 is 2.96 bits per heavy atom. The Bertz CT molecular complexity index is 984. The number of hydrogen-bond acceptors (Lipinski definition) is 3. The van der Waals surface area contributed by atoms with Crippen molar-refractivity contribution in [2.24, 2.45) is 0 Å². The molecule has 0 spiro atoms. The number of carbonyl (C=O) groups excluding carboxylic acids is 2. The number of nitrogens with zero attached hydrogens (tertiary/aromatic N) is 2. The first kappa shape index (κ1) is 16.3. The number of aromatic nitrogens is 2. The molecule has 1 aliphatic heterocycles. The lowest BCUT2D eigenvalue weighted by molar-refractivity contribution is -0.143. The number of aromatic amines is 1. The molecule has 0 bridgehead atoms. The van der Waals surface area contributed by atoms with Crippen LogP contribution in [0.2, 0.25) is 0 Å². The van der Waals surface area contributed by atoms with Gasteiger partial charge in [0.1, 0.15) is 17.5 Å². The molecule has 2 amide bonds. The summed E-state index contributed by atoms with van der Waals surface area (Å²) in [6.45, 7) is 0.690. The number of H-pyrrole nitrogens is 1. The molecule has 0 radical (unpaired) electrons. The molecule has 26 heavy (non-hydrogen) atoms. The minimum Gasteiger partial charge on any atom is -0.352 e. The Balaban J connectivity index is 1.65. The van der Waals surface area contributed by atoms with Gasteiger partial charge in [-0.3, -0.25) is 9.59 Å². The molecule has 1 fully saturated rings. The maximum absolute atomic E-state index is 14.2. The lowest BCUT2D eigenvalue weighted by Gasteiger charge is -2.35. The van der Waals surface area contributed by atoms with Crippen LogP contribution in [0, 0.1) is 5.82 Å². The molecule has 1 aliphatic rings. The minimum atomic E-state index is -0.958. The topological polar surface area (TPSA) is 78.1 Å². The van der Waals surface area contributed by atoms with E-state index >= 15 is 0 Å². The molecule has 1 unspecified atom stereocenters. The Labute approximate surface area is 149 Å². The van der Waals surface area contributed by atoms with E-state index in [9.17, 15) is 14.0 Å². The van der Waals surface area contributed by atoms with Crippen LogP contribution in [0.1, 0.15) is 17.2 Å². The fourth-order valence-corrected chi connectivity index (χ4v) is 3.36. The summed E-state index contributed by atoms with van der Waals surface area (Å²) in [6, 6.07) is 8.80. The second-order valence-electron chi connectivity index (χ2n) is 6.19. The first-order chi connectivity index (χ1) is 12.6. The summed E-state index contributed by atoms with van der Waals surface area (Å²) in [5.41, 5.74) is 1.72. The van der Waals surface area contributed by atoms with E-state index in [1.165, 1.54) is 11.0 Å². The summed E-state index contributed by atoms with van der Waals surface area (Å²) >= 11 is 0. The fourth-order valence-electron chi connectivity index (χ4n) is 3.36. The number of nitrogens with one attached hydrogen (secondary N) is 2. The minimum absolute atomic E-state index is 0.115. The molecule has 1 saturated heterocycles. The van der Waals surface area contributed by atoms with E-state index in [0.717, 1.165) is 10.9 Å². The van der Waals surface area contributed by atoms with Gasteiger partial charge in [0.25, 0.3) is 0 Å². The Morgan fingerprint density at radius 1 is 1.27 bits per heavy atom. The van der Waals surface area contributed by atoms with Gasteiger partial charge in [-0.1, -0.05) is 18.2 Å². The van der Waals surface area contributed by atoms with Gasteiger partial charge >= 0.3 is 0 Å². The van der Waals surface area contributed by atoms with Gasteiger partial charge in [-0.2, -0.15) is 0 Å². The highest BCUT2D eigenvalue weighted by atomic mass is 19.1. The molecular formula is C19H17FN4O2. The van der Waals surface area contributed by atoms with Crippen molar-refractivity contribution in [3.8, 4) is 0 Å². The summed E-state index contributed by atoms with van der Waals surface area (Å²) in [4.78, 5) is 34.0. The summed E-state index contributed by atoms with van der Waals surface area (Å²) in [7, 11) is 0. The number of benzene rings is 1. The highest BCUT2D eigenvalue weighted by molar-refractivity contribution is 5.92. The molecule has 132 valence electrons. The normalized spacial score (nSPS) is 17.3. The predicted molar refractivity (Wildman–Crippen MR) is 93.7 cm³/mol. The molecule has 1 aromatic carbocycles. The third-order valence-electron chi connectivity index (χ3n) is 4.61. The zero-order valence-corrected chi connectivity index (χ0v) is 13.9. The largest absolute Gasteiger partial charge is 0.352 e. The van der Waals surface area contributed by atoms with Crippen LogP contribution in [0.15, 0.2) is 48.8 Å². The van der Waals surface area contributed by atoms with E-state index in [0.29, 0.717) is 18.7 Å². The van der Waals surface area contributed by atoms with Crippen molar-refractivity contribution in [1.29, 1.82) is 0 Å². The van der Waals surface area contributed by atoms with Gasteiger partial charge in [-0.05, 0) is 23.8 Å². The van der Waals surface area contributed by atoms with E-state index in [1.54, 1.807) is 36.7 Å². The number of piperazine rings is 1. The van der Waals surface area contributed by atoms with Crippen LogP contribution in [0.25, 0.3) is 11.0 Å². The van der Waals surface area contributed by atoms with Crippen LogP contribution in [-0.2, 0) is 16.0 Å². The van der Waals surface area contributed by atoms with Crippen LogP contribution in [0.3, 0.4) is 0 Å². The first-order valence-corrected chi connectivity index (χ1v) is 8.38. The summed E-state index contributed by atoms with van der Waals surface area (Å²) < 4.78 is 14.2. The maximum atomic E-state index is 14.2. The summed E-state index contributed by atoms with van der Waals surface area (Å²) in [5.74, 6) is -1.09. The Morgan fingerprint density at radius 2 is 2.12 bits per heavy atom. The van der Waals surface area contributed by atoms with Crippen molar-refractivity contribution < 1.29 is 14.0 Å². The van der Waals surface area contributed by atoms with Gasteiger partial charge in [0.05, 0.1) is 6.42 Å². The third-order valence-corrected chi connectivity index (χ3v) is 4.61. The SMILES string of the molecule is O=C1NCCN(C(=O)Cc2c[nH]c3ncccc23)C1c1ccccc1F. The van der Waals surface area contributed by atoms with E-state index in [1.807, 2.05) is 6.07 Å². The summed E-state index contributed by atoms with van der Waals surface area (Å²) in [6.07, 6.45) is 3.54. The summed E-state index contributed by atoms with van der Waals surface area (Å²) in [5, 5.41) is 3.58. The fraction of sp³-hybridized carbons (Fsp3) is 0.211. The predicted octanol–water partition coefficient (Wildman–Crippen LogP) is 1.94. The molecule has 4 rings (SSSR count). The maximum Gasteiger partial charge on any atom is 0.247 e. The first-order valence-electron chi connectivity index (χ1n) is 8.38. The van der Waals surface area contributed by atoms with Crippen LogP contribution >= 0.6 is 0 Å². The highest BCUT2D eigenvalue weighted by Crippen LogP contribution is 2.27. The van der Waals surface area contributed by atoms with Gasteiger partial charge in [0.2, 0.25) is 11.8 Å². The van der Waals surface area contributed by atoms with Crippen molar-refractivity contribution in [3.63, 3.8) is 0 Å². The molecule has 3 heterocycles. The average Bonchev–Trinajstić information content (AvgIpc) is 3.05. The van der Waals surface area contributed by atoms with Gasteiger partial charge < -0.3 is 15.2 Å². The van der Waals surface area contributed by atoms with Crippen molar-refractivity contribution >= 4 is 22.8 Å². The molecule has 2 aromatic heterocycles. The van der Waals surface area contributed by atoms with E-state index in [-0.39, 0.29) is 23.8 Å². The van der Waals surface area contributed by atoms with Gasteiger partial charge in [-0.15, -0.1) is 0 Å². The molecular weight excluding hydrogens is 335 g/mol. The molecule has 0 aliphatic carbocycles. The molecule has 2 N–H and O–H groups in total. The van der Waals surface area contributed by atoms with E-state index < -0.39 is 11.9 Å². The Kier molecular flexibility index (Phi) is 4.12. The number of amides is 2. The zero-order valence-electron chi connectivity index (χ0n) is 13.9. The lowest BCUT2D eigenvalue weighted by Crippen LogP contribution is -2.52. The van der Waals surface area contributed by atoms with Crippen molar-refractivity contribution in [2.45, 2.75) is 12.5 Å². The molecule has 3 aromatic rings. The second kappa shape index (κ2) is 6.59. The van der Waals surface area contributed by atoms with Crippen LogP contribution in [0.4, 0.5) is 4.39 Å². The lowest BCUT2D eigenvalue weighted by atomic mass is 10.0. The number of hydrogen-bond donors (Lipinski definition) is 2. The van der Waals surface area contributed by atoms with Crippen molar-refractivity contribution in [1.82, 2.24) is 20.2 Å². The van der Waals surface area contributed by atoms with Crippen molar-refractivity contribution in [2.75, 3.05) is 13.1 Å². The Hall–Kier alpha value is -3.22. The number of fused-ring (bicyclic) bond motifs is 1. The molecule has 1 atom stereocenters. The third kappa shape index (κ3) is 2.81. The van der Waals surface area contributed by atoms with Crippen molar-refractivity contribution in [3.05, 3.63) is 65.7 Å². The highest BCUT2D eigenvalue weighted by Gasteiger charge is 2.35. The number of halogens is 1. The number of pyridine rings is 1. The molecule has 6 nitrogen and oxygen atoms in total. The number of rotatable bonds is 3. The van der Waals surface area contributed by atoms with E-state index in [4.69, 9.17) is 0 Å². The quantitative estimate of drug-likeness (QED) is 0.756.